The van der Waals surface area contributed by atoms with E-state index in [4.69, 9.17) is 4.74 Å². The summed E-state index contributed by atoms with van der Waals surface area (Å²) in [6.45, 7) is 0. The molecule has 0 spiro atoms. The quantitative estimate of drug-likeness (QED) is 0.410. The number of thiophene rings is 1. The topological polar surface area (TPSA) is 51.2 Å². The van der Waals surface area contributed by atoms with Crippen LogP contribution in [-0.4, -0.2) is 18.0 Å². The van der Waals surface area contributed by atoms with Gasteiger partial charge in [-0.15, -0.1) is 22.7 Å². The summed E-state index contributed by atoms with van der Waals surface area (Å²) in [5, 5.41) is 5.32. The highest BCUT2D eigenvalue weighted by molar-refractivity contribution is 7.21. The van der Waals surface area contributed by atoms with Gasteiger partial charge in [0.05, 0.1) is 23.2 Å². The summed E-state index contributed by atoms with van der Waals surface area (Å²) in [6.07, 6.45) is -4.42. The molecular formula is C20H13F3N2O2S2. The number of aromatic nitrogens is 1. The lowest BCUT2D eigenvalue weighted by molar-refractivity contribution is -0.137. The van der Waals surface area contributed by atoms with Crippen LogP contribution in [0.25, 0.3) is 21.3 Å². The van der Waals surface area contributed by atoms with Crippen LogP contribution in [0.5, 0.6) is 5.75 Å². The predicted octanol–water partition coefficient (Wildman–Crippen LogP) is 6.30. The maximum Gasteiger partial charge on any atom is 0.416 e. The molecule has 2 heterocycles. The van der Waals surface area contributed by atoms with E-state index in [1.807, 2.05) is 29.6 Å². The molecule has 29 heavy (non-hydrogen) atoms. The predicted molar refractivity (Wildman–Crippen MR) is 109 cm³/mol. The summed E-state index contributed by atoms with van der Waals surface area (Å²) < 4.78 is 44.3. The minimum atomic E-state index is -4.42. The minimum absolute atomic E-state index is 0.320. The van der Waals surface area contributed by atoms with E-state index in [9.17, 15) is 18.0 Å². The fourth-order valence-electron chi connectivity index (χ4n) is 2.72. The maximum absolute atomic E-state index is 12.9. The zero-order valence-corrected chi connectivity index (χ0v) is 16.5. The number of hydrogen-bond acceptors (Lipinski definition) is 5. The van der Waals surface area contributed by atoms with Crippen molar-refractivity contribution >= 4 is 43.8 Å². The van der Waals surface area contributed by atoms with Crippen molar-refractivity contribution in [2.24, 2.45) is 0 Å². The first-order valence-corrected chi connectivity index (χ1v) is 10.1. The molecule has 0 aliphatic heterocycles. The molecule has 1 amide bonds. The van der Waals surface area contributed by atoms with Crippen LogP contribution in [0.2, 0.25) is 0 Å². The fourth-order valence-corrected chi connectivity index (χ4v) is 4.37. The number of thiazole rings is 1. The lowest BCUT2D eigenvalue weighted by Gasteiger charge is -2.05. The molecule has 0 saturated carbocycles. The van der Waals surface area contributed by atoms with Gasteiger partial charge in [-0.25, -0.2) is 4.98 Å². The molecule has 4 aromatic rings. The number of carbonyl (C=O) groups is 1. The lowest BCUT2D eigenvalue weighted by atomic mass is 10.1. The second-order valence-corrected chi connectivity index (χ2v) is 8.02. The molecule has 0 unspecified atom stereocenters. The van der Waals surface area contributed by atoms with Crippen LogP contribution in [-0.2, 0) is 6.18 Å². The van der Waals surface area contributed by atoms with Gasteiger partial charge in [0.25, 0.3) is 5.91 Å². The third-order valence-corrected chi connectivity index (χ3v) is 6.05. The van der Waals surface area contributed by atoms with Crippen molar-refractivity contribution in [1.82, 2.24) is 4.98 Å². The second kappa shape index (κ2) is 7.49. The Morgan fingerprint density at radius 1 is 1.10 bits per heavy atom. The largest absolute Gasteiger partial charge is 0.497 e. The number of rotatable bonds is 4. The second-order valence-electron chi connectivity index (χ2n) is 6.08. The van der Waals surface area contributed by atoms with E-state index < -0.39 is 17.6 Å². The van der Waals surface area contributed by atoms with E-state index >= 15 is 0 Å². The minimum Gasteiger partial charge on any atom is -0.497 e. The zero-order valence-electron chi connectivity index (χ0n) is 14.9. The van der Waals surface area contributed by atoms with Gasteiger partial charge in [0.2, 0.25) is 0 Å². The number of hydrogen-bond donors (Lipinski definition) is 1. The summed E-state index contributed by atoms with van der Waals surface area (Å²) in [7, 11) is 1.59. The highest BCUT2D eigenvalue weighted by atomic mass is 32.1. The number of ether oxygens (including phenoxy) is 1. The summed E-state index contributed by atoms with van der Waals surface area (Å²) in [6, 6.07) is 12.3. The molecule has 4 rings (SSSR count). The van der Waals surface area contributed by atoms with Crippen LogP contribution in [0.3, 0.4) is 0 Å². The Bertz CT molecular complexity index is 1180. The van der Waals surface area contributed by atoms with Crippen molar-refractivity contribution in [1.29, 1.82) is 0 Å². The van der Waals surface area contributed by atoms with Crippen LogP contribution in [0.15, 0.2) is 53.9 Å². The van der Waals surface area contributed by atoms with Gasteiger partial charge in [-0.2, -0.15) is 13.2 Å². The SMILES string of the molecule is COc1ccc(-c2csc(NC(=O)c3cc4cc(C(F)(F)F)ccc4s3)n2)cc1. The van der Waals surface area contributed by atoms with E-state index in [1.165, 1.54) is 23.5 Å². The molecule has 4 nitrogen and oxygen atoms in total. The van der Waals surface area contributed by atoms with Crippen molar-refractivity contribution in [2.75, 3.05) is 12.4 Å². The van der Waals surface area contributed by atoms with Crippen LogP contribution in [0.1, 0.15) is 15.2 Å². The lowest BCUT2D eigenvalue weighted by Crippen LogP contribution is -2.09. The molecule has 0 radical (unpaired) electrons. The molecule has 148 valence electrons. The molecule has 0 bridgehead atoms. The first-order valence-electron chi connectivity index (χ1n) is 8.35. The molecule has 0 fully saturated rings. The van der Waals surface area contributed by atoms with Gasteiger partial charge >= 0.3 is 6.18 Å². The van der Waals surface area contributed by atoms with E-state index in [-0.39, 0.29) is 0 Å². The number of halogens is 3. The molecule has 0 aliphatic carbocycles. The van der Waals surface area contributed by atoms with Crippen molar-refractivity contribution in [2.45, 2.75) is 6.18 Å². The Hall–Kier alpha value is -2.91. The van der Waals surface area contributed by atoms with Gasteiger partial charge in [-0.1, -0.05) is 0 Å². The van der Waals surface area contributed by atoms with Crippen LogP contribution in [0.4, 0.5) is 18.3 Å². The number of anilines is 1. The Labute approximate surface area is 171 Å². The highest BCUT2D eigenvalue weighted by Gasteiger charge is 2.30. The third-order valence-electron chi connectivity index (χ3n) is 4.18. The number of nitrogens with zero attached hydrogens (tertiary/aromatic N) is 1. The highest BCUT2D eigenvalue weighted by Crippen LogP contribution is 2.34. The molecular weight excluding hydrogens is 421 g/mol. The number of methoxy groups -OCH3 is 1. The molecule has 2 aromatic carbocycles. The Balaban J connectivity index is 1.52. The van der Waals surface area contributed by atoms with Crippen molar-refractivity contribution < 1.29 is 22.7 Å². The van der Waals surface area contributed by atoms with Gasteiger partial charge in [0.1, 0.15) is 5.75 Å². The van der Waals surface area contributed by atoms with Crippen molar-refractivity contribution in [3.8, 4) is 17.0 Å². The Morgan fingerprint density at radius 2 is 1.86 bits per heavy atom. The summed E-state index contributed by atoms with van der Waals surface area (Å²) in [5.74, 6) is 0.325. The normalized spacial score (nSPS) is 11.6. The summed E-state index contributed by atoms with van der Waals surface area (Å²) >= 11 is 2.41. The molecule has 9 heteroatoms. The van der Waals surface area contributed by atoms with Crippen LogP contribution in [0, 0.1) is 0 Å². The van der Waals surface area contributed by atoms with Gasteiger partial charge in [0, 0.05) is 15.6 Å². The standard InChI is InChI=1S/C20H13F3N2O2S2/c1-27-14-5-2-11(3-6-14)15-10-28-19(24-15)25-18(26)17-9-12-8-13(20(21,22)23)4-7-16(12)29-17/h2-10H,1H3,(H,24,25,26). The van der Waals surface area contributed by atoms with Gasteiger partial charge in [-0.05, 0) is 53.9 Å². The average molecular weight is 434 g/mol. The van der Waals surface area contributed by atoms with Crippen molar-refractivity contribution in [3.05, 3.63) is 64.4 Å². The fraction of sp³-hybridized carbons (Fsp3) is 0.100. The average Bonchev–Trinajstić information content (AvgIpc) is 3.33. The third kappa shape index (κ3) is 4.10. The number of benzene rings is 2. The van der Waals surface area contributed by atoms with Gasteiger partial charge in [0.15, 0.2) is 5.13 Å². The van der Waals surface area contributed by atoms with Gasteiger partial charge < -0.3 is 4.74 Å². The first-order chi connectivity index (χ1) is 13.8. The van der Waals surface area contributed by atoms with E-state index in [0.717, 1.165) is 34.8 Å². The number of fused-ring (bicyclic) bond motifs is 1. The molecule has 0 saturated heterocycles. The smallest absolute Gasteiger partial charge is 0.416 e. The summed E-state index contributed by atoms with van der Waals surface area (Å²) in [4.78, 5) is 17.2. The van der Waals surface area contributed by atoms with E-state index in [1.54, 1.807) is 7.11 Å². The monoisotopic (exact) mass is 434 g/mol. The first kappa shape index (κ1) is 19.4. The molecule has 2 aromatic heterocycles. The summed E-state index contributed by atoms with van der Waals surface area (Å²) in [5.41, 5.74) is 0.849. The van der Waals surface area contributed by atoms with Crippen LogP contribution >= 0.6 is 22.7 Å². The van der Waals surface area contributed by atoms with E-state index in [2.05, 4.69) is 10.3 Å². The number of nitrogens with one attached hydrogen (secondary N) is 1. The molecule has 0 aliphatic rings. The maximum atomic E-state index is 12.9. The van der Waals surface area contributed by atoms with Crippen molar-refractivity contribution in [3.63, 3.8) is 0 Å². The molecule has 1 N–H and O–H groups in total. The Kier molecular flexibility index (Phi) is 5.01. The van der Waals surface area contributed by atoms with Gasteiger partial charge in [-0.3, -0.25) is 10.1 Å². The number of carbonyl (C=O) groups excluding carboxylic acids is 1. The zero-order chi connectivity index (χ0) is 20.6. The number of alkyl halides is 3. The number of amides is 1. The molecule has 0 atom stereocenters. The van der Waals surface area contributed by atoms with E-state index in [0.29, 0.717) is 25.8 Å². The van der Waals surface area contributed by atoms with Crippen LogP contribution < -0.4 is 10.1 Å². The Morgan fingerprint density at radius 3 is 2.55 bits per heavy atom.